The monoisotopic (exact) mass is 231 g/mol. The van der Waals surface area contributed by atoms with Crippen LogP contribution in [0.3, 0.4) is 0 Å². The molecule has 2 aliphatic rings. The normalized spacial score (nSPS) is 33.3. The first-order valence-electron chi connectivity index (χ1n) is 6.54. The van der Waals surface area contributed by atoms with Gasteiger partial charge in [0.05, 0.1) is 6.61 Å². The topological polar surface area (TPSA) is 47.0 Å². The van der Waals surface area contributed by atoms with Crippen molar-refractivity contribution in [1.29, 1.82) is 0 Å². The Morgan fingerprint density at radius 1 is 1.41 bits per heavy atom. The van der Waals surface area contributed by atoms with Crippen molar-refractivity contribution < 1.29 is 4.74 Å². The van der Waals surface area contributed by atoms with Crippen molar-refractivity contribution in [3.63, 3.8) is 0 Å². The maximum atomic E-state index is 6.15. The largest absolute Gasteiger partial charge is 0.365 e. The van der Waals surface area contributed by atoms with Crippen molar-refractivity contribution in [2.75, 3.05) is 19.7 Å². The first kappa shape index (κ1) is 11.2. The molecule has 5 heteroatoms. The summed E-state index contributed by atoms with van der Waals surface area (Å²) in [6, 6.07) is 1.86. The minimum Gasteiger partial charge on any atom is -0.365 e. The number of nitrogens with one attached hydrogen (secondary N) is 1. The number of hydrogen-bond donors (Lipinski definition) is 1. The number of ether oxygens (including phenoxy) is 1. The average Bonchev–Trinajstić information content (AvgIpc) is 2.95. The van der Waals surface area contributed by atoms with Gasteiger partial charge >= 0.3 is 0 Å². The minimum atomic E-state index is -0.282. The first-order valence-corrected chi connectivity index (χ1v) is 6.54. The molecular weight excluding hydrogens is 213 g/mol. The van der Waals surface area contributed by atoms with Gasteiger partial charge in [-0.25, -0.2) is 9.97 Å². The van der Waals surface area contributed by atoms with Crippen LogP contribution in [0.25, 0.3) is 0 Å². The van der Waals surface area contributed by atoms with Crippen LogP contribution in [0.1, 0.15) is 18.7 Å². The van der Waals surface area contributed by atoms with E-state index in [1.165, 1.54) is 26.4 Å². The van der Waals surface area contributed by atoms with Gasteiger partial charge in [-0.2, -0.15) is 0 Å². The zero-order valence-corrected chi connectivity index (χ0v) is 10.1. The average molecular weight is 231 g/mol. The lowest BCUT2D eigenvalue weighted by molar-refractivity contribution is -0.0821. The molecule has 3 heterocycles. The number of nitrogens with zero attached hydrogens (tertiary/aromatic N) is 2. The van der Waals surface area contributed by atoms with Crippen molar-refractivity contribution >= 4 is 7.28 Å². The molecule has 90 valence electrons. The van der Waals surface area contributed by atoms with E-state index >= 15 is 0 Å². The van der Waals surface area contributed by atoms with Crippen LogP contribution >= 0.6 is 0 Å². The highest BCUT2D eigenvalue weighted by Crippen LogP contribution is 2.43. The van der Waals surface area contributed by atoms with Gasteiger partial charge in [0.15, 0.2) is 5.82 Å². The van der Waals surface area contributed by atoms with E-state index in [0.29, 0.717) is 5.82 Å². The Balaban J connectivity index is 1.95. The fraction of sp³-hybridized carbons (Fsp3) is 0.667. The molecule has 2 fully saturated rings. The Labute approximate surface area is 102 Å². The van der Waals surface area contributed by atoms with Crippen LogP contribution in [0.15, 0.2) is 18.5 Å². The Morgan fingerprint density at radius 3 is 2.94 bits per heavy atom. The van der Waals surface area contributed by atoms with Gasteiger partial charge < -0.3 is 10.1 Å². The summed E-state index contributed by atoms with van der Waals surface area (Å²) in [5.74, 6) is 1.43. The van der Waals surface area contributed by atoms with Gasteiger partial charge in [0.1, 0.15) is 12.9 Å². The van der Waals surface area contributed by atoms with Gasteiger partial charge in [-0.15, -0.1) is 0 Å². The summed E-state index contributed by atoms with van der Waals surface area (Å²) >= 11 is 0. The zero-order chi connectivity index (χ0) is 11.6. The minimum absolute atomic E-state index is 0.282. The highest BCUT2D eigenvalue weighted by Gasteiger charge is 2.46. The second kappa shape index (κ2) is 4.74. The maximum Gasteiger partial charge on any atom is 0.161 e. The Bertz CT molecular complexity index is 361. The molecule has 0 aromatic carbocycles. The van der Waals surface area contributed by atoms with Crippen LogP contribution in [-0.2, 0) is 10.3 Å². The molecular formula is C12H18BN3O. The van der Waals surface area contributed by atoms with E-state index in [1.54, 1.807) is 0 Å². The van der Waals surface area contributed by atoms with E-state index in [0.717, 1.165) is 25.5 Å². The van der Waals surface area contributed by atoms with Crippen molar-refractivity contribution in [2.45, 2.75) is 30.6 Å². The van der Waals surface area contributed by atoms with Crippen molar-refractivity contribution in [3.05, 3.63) is 24.3 Å². The maximum absolute atomic E-state index is 6.15. The standard InChI is InChI=1S/C12H18BN3O/c1-3-10(13-4-1)12(9-14-7-8-17-12)11-15-5-2-6-16-11/h2,5-6,10,13-14H,1,3-4,7-9H2. The van der Waals surface area contributed by atoms with Gasteiger partial charge in [0.25, 0.3) is 0 Å². The second-order valence-corrected chi connectivity index (χ2v) is 4.97. The lowest BCUT2D eigenvalue weighted by atomic mass is 9.59. The third kappa shape index (κ3) is 1.98. The van der Waals surface area contributed by atoms with Crippen LogP contribution in [0, 0.1) is 0 Å². The van der Waals surface area contributed by atoms with E-state index in [-0.39, 0.29) is 5.60 Å². The molecule has 0 saturated carbocycles. The molecule has 2 unspecified atom stereocenters. The van der Waals surface area contributed by atoms with Gasteiger partial charge in [-0.1, -0.05) is 19.2 Å². The van der Waals surface area contributed by atoms with E-state index in [4.69, 9.17) is 4.74 Å². The third-order valence-electron chi connectivity index (χ3n) is 3.98. The van der Waals surface area contributed by atoms with Crippen LogP contribution < -0.4 is 5.32 Å². The highest BCUT2D eigenvalue weighted by molar-refractivity contribution is 6.39. The molecule has 0 aliphatic carbocycles. The van der Waals surface area contributed by atoms with E-state index < -0.39 is 0 Å². The van der Waals surface area contributed by atoms with Gasteiger partial charge in [0.2, 0.25) is 0 Å². The van der Waals surface area contributed by atoms with Crippen molar-refractivity contribution in [1.82, 2.24) is 15.3 Å². The molecule has 1 aromatic heterocycles. The van der Waals surface area contributed by atoms with E-state index in [1.807, 2.05) is 18.5 Å². The van der Waals surface area contributed by atoms with E-state index in [9.17, 15) is 0 Å². The fourth-order valence-electron chi connectivity index (χ4n) is 3.13. The molecule has 1 aromatic rings. The number of aromatic nitrogens is 2. The van der Waals surface area contributed by atoms with Gasteiger partial charge in [-0.05, 0) is 11.9 Å². The summed E-state index contributed by atoms with van der Waals surface area (Å²) in [6.07, 6.45) is 7.49. The summed E-state index contributed by atoms with van der Waals surface area (Å²) in [5, 5.41) is 3.45. The van der Waals surface area contributed by atoms with Crippen molar-refractivity contribution in [3.8, 4) is 0 Å². The summed E-state index contributed by atoms with van der Waals surface area (Å²) in [4.78, 5) is 8.89. The van der Waals surface area contributed by atoms with Crippen LogP contribution in [0.5, 0.6) is 0 Å². The van der Waals surface area contributed by atoms with Crippen molar-refractivity contribution in [2.24, 2.45) is 0 Å². The fourth-order valence-corrected chi connectivity index (χ4v) is 3.13. The number of hydrogen-bond acceptors (Lipinski definition) is 4. The second-order valence-electron chi connectivity index (χ2n) is 4.97. The van der Waals surface area contributed by atoms with Gasteiger partial charge in [-0.3, -0.25) is 0 Å². The lowest BCUT2D eigenvalue weighted by Crippen LogP contribution is -2.51. The molecule has 0 bridgehead atoms. The zero-order valence-electron chi connectivity index (χ0n) is 10.1. The first-order chi connectivity index (χ1) is 8.42. The summed E-state index contributed by atoms with van der Waals surface area (Å²) in [7, 11) is 1.24. The summed E-state index contributed by atoms with van der Waals surface area (Å²) < 4.78 is 6.15. The number of morpholine rings is 1. The SMILES string of the molecule is B1CCCC1C1(c2ncccn2)CNCCO1. The van der Waals surface area contributed by atoms with E-state index in [2.05, 4.69) is 15.3 Å². The molecule has 1 N–H and O–H groups in total. The van der Waals surface area contributed by atoms with Gasteiger partial charge in [0, 0.05) is 25.5 Å². The van der Waals surface area contributed by atoms with Crippen LogP contribution in [0.2, 0.25) is 12.1 Å². The molecule has 4 nitrogen and oxygen atoms in total. The van der Waals surface area contributed by atoms with Crippen LogP contribution in [0.4, 0.5) is 0 Å². The highest BCUT2D eigenvalue weighted by atomic mass is 16.5. The summed E-state index contributed by atoms with van der Waals surface area (Å²) in [5.41, 5.74) is -0.282. The Kier molecular flexibility index (Phi) is 3.12. The quantitative estimate of drug-likeness (QED) is 0.762. The molecule has 17 heavy (non-hydrogen) atoms. The third-order valence-corrected chi connectivity index (χ3v) is 3.98. The molecule has 0 radical (unpaired) electrons. The molecule has 2 atom stereocenters. The Hall–Kier alpha value is -0.935. The lowest BCUT2D eigenvalue weighted by Gasteiger charge is -2.40. The van der Waals surface area contributed by atoms with Crippen LogP contribution in [-0.4, -0.2) is 36.9 Å². The smallest absolute Gasteiger partial charge is 0.161 e. The molecule has 3 rings (SSSR count). The summed E-state index contributed by atoms with van der Waals surface area (Å²) in [6.45, 7) is 2.54. The Morgan fingerprint density at radius 2 is 2.29 bits per heavy atom. The molecule has 2 aliphatic heterocycles. The predicted octanol–water partition coefficient (Wildman–Crippen LogP) is 0.729. The molecule has 0 amide bonds. The molecule has 2 saturated heterocycles. The number of rotatable bonds is 2. The predicted molar refractivity (Wildman–Crippen MR) is 67.5 cm³/mol. The molecule has 0 spiro atoms.